The second-order valence-electron chi connectivity index (χ2n) is 8.39. The number of hydrogen-bond acceptors (Lipinski definition) is 5. The van der Waals surface area contributed by atoms with Crippen LogP contribution in [-0.4, -0.2) is 50.8 Å². The van der Waals surface area contributed by atoms with Crippen LogP contribution in [0.1, 0.15) is 58.3 Å². The van der Waals surface area contributed by atoms with E-state index in [0.29, 0.717) is 18.8 Å². The standard InChI is InChI=1S/C22H33N3O5S/c1-16(26)23-21(17-9-5-6-10-17)22(27)24-19-15-18(11-12-20(19)30-2)31(28,29)25-13-7-3-4-8-14-25/h11-12,15,17,21H,3-10,13-14H2,1-2H3,(H,23,26)(H,24,27). The van der Waals surface area contributed by atoms with Crippen molar-refractivity contribution >= 4 is 27.5 Å². The van der Waals surface area contributed by atoms with Crippen LogP contribution in [-0.2, 0) is 19.6 Å². The summed E-state index contributed by atoms with van der Waals surface area (Å²) in [7, 11) is -2.20. The average molecular weight is 452 g/mol. The Morgan fingerprint density at radius 2 is 1.71 bits per heavy atom. The summed E-state index contributed by atoms with van der Waals surface area (Å²) < 4.78 is 33.2. The number of nitrogens with zero attached hydrogens (tertiary/aromatic N) is 1. The summed E-state index contributed by atoms with van der Waals surface area (Å²) >= 11 is 0. The summed E-state index contributed by atoms with van der Waals surface area (Å²) in [4.78, 5) is 24.9. The van der Waals surface area contributed by atoms with Gasteiger partial charge in [-0.15, -0.1) is 0 Å². The van der Waals surface area contributed by atoms with Gasteiger partial charge in [0.25, 0.3) is 0 Å². The molecule has 0 spiro atoms. The molecule has 1 aliphatic carbocycles. The molecule has 2 amide bonds. The van der Waals surface area contributed by atoms with E-state index in [-0.39, 0.29) is 28.3 Å². The molecule has 1 saturated carbocycles. The van der Waals surface area contributed by atoms with Crippen molar-refractivity contribution in [1.82, 2.24) is 9.62 Å². The molecule has 0 radical (unpaired) electrons. The Bertz CT molecular complexity index is 888. The molecular formula is C22H33N3O5S. The summed E-state index contributed by atoms with van der Waals surface area (Å²) in [5, 5.41) is 5.57. The lowest BCUT2D eigenvalue weighted by Gasteiger charge is -2.24. The highest BCUT2D eigenvalue weighted by Gasteiger charge is 2.32. The Hall–Kier alpha value is -2.13. The first-order chi connectivity index (χ1) is 14.8. The number of amides is 2. The van der Waals surface area contributed by atoms with Crippen LogP contribution in [0, 0.1) is 5.92 Å². The van der Waals surface area contributed by atoms with Gasteiger partial charge in [0.05, 0.1) is 17.7 Å². The summed E-state index contributed by atoms with van der Waals surface area (Å²) in [5.41, 5.74) is 0.289. The first-order valence-corrected chi connectivity index (χ1v) is 12.5. The van der Waals surface area contributed by atoms with Gasteiger partial charge >= 0.3 is 0 Å². The van der Waals surface area contributed by atoms with Gasteiger partial charge in [0.15, 0.2) is 0 Å². The highest BCUT2D eigenvalue weighted by molar-refractivity contribution is 7.89. The van der Waals surface area contributed by atoms with Crippen molar-refractivity contribution in [3.63, 3.8) is 0 Å². The van der Waals surface area contributed by atoms with Crippen LogP contribution in [0.4, 0.5) is 5.69 Å². The van der Waals surface area contributed by atoms with E-state index in [1.54, 1.807) is 6.07 Å². The van der Waals surface area contributed by atoms with E-state index >= 15 is 0 Å². The van der Waals surface area contributed by atoms with E-state index in [9.17, 15) is 18.0 Å². The van der Waals surface area contributed by atoms with Gasteiger partial charge < -0.3 is 15.4 Å². The Kier molecular flexibility index (Phi) is 7.94. The first kappa shape index (κ1) is 23.5. The second-order valence-corrected chi connectivity index (χ2v) is 10.3. The summed E-state index contributed by atoms with van der Waals surface area (Å²) in [6.45, 7) is 2.40. The third kappa shape index (κ3) is 5.77. The fraction of sp³-hybridized carbons (Fsp3) is 0.636. The van der Waals surface area contributed by atoms with Crippen molar-refractivity contribution in [2.24, 2.45) is 5.92 Å². The predicted molar refractivity (Wildman–Crippen MR) is 118 cm³/mol. The predicted octanol–water partition coefficient (Wildman–Crippen LogP) is 2.89. The minimum absolute atomic E-state index is 0.0684. The van der Waals surface area contributed by atoms with Crippen molar-refractivity contribution in [3.05, 3.63) is 18.2 Å². The zero-order valence-electron chi connectivity index (χ0n) is 18.4. The molecule has 1 aromatic carbocycles. The third-order valence-electron chi connectivity index (χ3n) is 6.14. The number of carbonyl (C=O) groups is 2. The molecule has 31 heavy (non-hydrogen) atoms. The van der Waals surface area contributed by atoms with Crippen molar-refractivity contribution in [2.45, 2.75) is 69.2 Å². The van der Waals surface area contributed by atoms with Crippen molar-refractivity contribution in [3.8, 4) is 5.75 Å². The highest BCUT2D eigenvalue weighted by atomic mass is 32.2. The molecule has 0 aromatic heterocycles. The van der Waals surface area contributed by atoms with E-state index in [0.717, 1.165) is 51.4 Å². The van der Waals surface area contributed by atoms with Gasteiger partial charge in [-0.2, -0.15) is 4.31 Å². The van der Waals surface area contributed by atoms with Gasteiger partial charge in [-0.1, -0.05) is 25.7 Å². The fourth-order valence-electron chi connectivity index (χ4n) is 4.49. The molecule has 2 N–H and O–H groups in total. The molecule has 8 nitrogen and oxygen atoms in total. The van der Waals surface area contributed by atoms with Crippen molar-refractivity contribution < 1.29 is 22.7 Å². The van der Waals surface area contributed by atoms with Crippen LogP contribution in [0.3, 0.4) is 0 Å². The van der Waals surface area contributed by atoms with Gasteiger partial charge in [0.2, 0.25) is 21.8 Å². The summed E-state index contributed by atoms with van der Waals surface area (Å²) in [6.07, 6.45) is 7.56. The molecule has 2 fully saturated rings. The van der Waals surface area contributed by atoms with Crippen molar-refractivity contribution in [1.29, 1.82) is 0 Å². The zero-order valence-corrected chi connectivity index (χ0v) is 19.2. The molecule has 3 rings (SSSR count). The van der Waals surface area contributed by atoms with E-state index in [1.165, 1.54) is 30.5 Å². The molecule has 1 heterocycles. The number of ether oxygens (including phenoxy) is 1. The van der Waals surface area contributed by atoms with Gasteiger partial charge in [0.1, 0.15) is 11.8 Å². The molecule has 0 bridgehead atoms. The molecule has 2 aliphatic rings. The SMILES string of the molecule is COc1ccc(S(=O)(=O)N2CCCCCC2)cc1NC(=O)C(NC(C)=O)C1CCCC1. The van der Waals surface area contributed by atoms with E-state index in [1.807, 2.05) is 0 Å². The number of anilines is 1. The number of carbonyl (C=O) groups excluding carboxylic acids is 2. The first-order valence-electron chi connectivity index (χ1n) is 11.1. The Labute approximate surface area is 184 Å². The van der Waals surface area contributed by atoms with E-state index in [2.05, 4.69) is 10.6 Å². The molecule has 172 valence electrons. The van der Waals surface area contributed by atoms with Gasteiger partial charge in [-0.05, 0) is 49.8 Å². The van der Waals surface area contributed by atoms with Crippen LogP contribution < -0.4 is 15.4 Å². The fourth-order valence-corrected chi connectivity index (χ4v) is 6.04. The summed E-state index contributed by atoms with van der Waals surface area (Å²) in [5.74, 6) is -0.184. The molecule has 1 aromatic rings. The smallest absolute Gasteiger partial charge is 0.247 e. The molecule has 1 unspecified atom stereocenters. The van der Waals surface area contributed by atoms with Gasteiger partial charge in [-0.3, -0.25) is 9.59 Å². The average Bonchev–Trinajstić information content (AvgIpc) is 3.12. The number of hydrogen-bond donors (Lipinski definition) is 2. The highest BCUT2D eigenvalue weighted by Crippen LogP contribution is 2.32. The summed E-state index contributed by atoms with van der Waals surface area (Å²) in [6, 6.07) is 3.87. The normalized spacial score (nSPS) is 19.4. The molecule has 9 heteroatoms. The second kappa shape index (κ2) is 10.5. The van der Waals surface area contributed by atoms with Crippen molar-refractivity contribution in [2.75, 3.05) is 25.5 Å². The van der Waals surface area contributed by atoms with Gasteiger partial charge in [0, 0.05) is 20.0 Å². The lowest BCUT2D eigenvalue weighted by Crippen LogP contribution is -2.47. The zero-order chi connectivity index (χ0) is 22.4. The maximum absolute atomic E-state index is 13.2. The molecule has 1 saturated heterocycles. The molecule has 1 aliphatic heterocycles. The third-order valence-corrected chi connectivity index (χ3v) is 8.04. The molecular weight excluding hydrogens is 418 g/mol. The lowest BCUT2D eigenvalue weighted by atomic mass is 9.97. The minimum Gasteiger partial charge on any atom is -0.495 e. The minimum atomic E-state index is -3.67. The van der Waals surface area contributed by atoms with Crippen LogP contribution in [0.15, 0.2) is 23.1 Å². The maximum Gasteiger partial charge on any atom is 0.247 e. The van der Waals surface area contributed by atoms with Crippen LogP contribution in [0.25, 0.3) is 0 Å². The number of benzene rings is 1. The monoisotopic (exact) mass is 451 g/mol. The van der Waals surface area contributed by atoms with Crippen LogP contribution in [0.2, 0.25) is 0 Å². The molecule has 1 atom stereocenters. The Morgan fingerprint density at radius 3 is 2.29 bits per heavy atom. The number of sulfonamides is 1. The lowest BCUT2D eigenvalue weighted by molar-refractivity contribution is -0.126. The van der Waals surface area contributed by atoms with E-state index < -0.39 is 16.1 Å². The van der Waals surface area contributed by atoms with Gasteiger partial charge in [-0.25, -0.2) is 8.42 Å². The van der Waals surface area contributed by atoms with E-state index in [4.69, 9.17) is 4.74 Å². The van der Waals surface area contributed by atoms with Crippen LogP contribution in [0.5, 0.6) is 5.75 Å². The topological polar surface area (TPSA) is 105 Å². The number of methoxy groups -OCH3 is 1. The number of nitrogens with one attached hydrogen (secondary N) is 2. The Balaban J connectivity index is 1.85. The quantitative estimate of drug-likeness (QED) is 0.663. The van der Waals surface area contributed by atoms with Crippen LogP contribution >= 0.6 is 0 Å². The number of rotatable bonds is 7. The Morgan fingerprint density at radius 1 is 1.06 bits per heavy atom. The largest absolute Gasteiger partial charge is 0.495 e. The maximum atomic E-state index is 13.2.